The van der Waals surface area contributed by atoms with Gasteiger partial charge in [-0.05, 0) is 6.07 Å². The van der Waals surface area contributed by atoms with Gasteiger partial charge in [0, 0.05) is 23.9 Å². The fraction of sp³-hybridized carbons (Fsp3) is 0.0833. The summed E-state index contributed by atoms with van der Waals surface area (Å²) in [6.45, 7) is 0. The lowest BCUT2D eigenvalue weighted by Gasteiger charge is -2.03. The summed E-state index contributed by atoms with van der Waals surface area (Å²) < 4.78 is 38.9. The molecule has 0 amide bonds. The highest BCUT2D eigenvalue weighted by Crippen LogP contribution is 2.28. The quantitative estimate of drug-likeness (QED) is 0.536. The minimum atomic E-state index is -4.70. The Hall–Kier alpha value is -3.04. The second kappa shape index (κ2) is 4.76. The van der Waals surface area contributed by atoms with E-state index in [2.05, 4.69) is 15.1 Å². The Labute approximate surface area is 120 Å². The van der Waals surface area contributed by atoms with E-state index in [-0.39, 0.29) is 17.2 Å². The zero-order valence-corrected chi connectivity index (χ0v) is 10.7. The Balaban J connectivity index is 2.21. The van der Waals surface area contributed by atoms with E-state index >= 15 is 0 Å². The molecule has 0 N–H and O–H groups in total. The molecule has 0 aliphatic heterocycles. The standard InChI is InChI=1S/C12H6F3N5O2/c13-12(14,15)10-17-11-16-5-4-9(19(11)18-10)7-2-1-3-8(6-7)20(21)22/h1-6H. The first-order chi connectivity index (χ1) is 10.4. The van der Waals surface area contributed by atoms with Crippen LogP contribution in [0, 0.1) is 10.1 Å². The monoisotopic (exact) mass is 309 g/mol. The number of hydrogen-bond donors (Lipinski definition) is 0. The Morgan fingerprint density at radius 2 is 2.00 bits per heavy atom. The van der Waals surface area contributed by atoms with Crippen molar-refractivity contribution in [1.29, 1.82) is 0 Å². The van der Waals surface area contributed by atoms with Crippen molar-refractivity contribution in [3.05, 3.63) is 52.5 Å². The molecule has 3 aromatic rings. The third kappa shape index (κ3) is 2.34. The maximum Gasteiger partial charge on any atom is 0.453 e. The SMILES string of the molecule is O=[N+]([O-])c1cccc(-c2ccnc3nc(C(F)(F)F)nn23)c1. The van der Waals surface area contributed by atoms with Gasteiger partial charge in [0.05, 0.1) is 10.6 Å². The number of aromatic nitrogens is 4. The van der Waals surface area contributed by atoms with Gasteiger partial charge >= 0.3 is 6.18 Å². The predicted octanol–water partition coefficient (Wildman–Crippen LogP) is 2.72. The molecule has 0 bridgehead atoms. The van der Waals surface area contributed by atoms with Crippen molar-refractivity contribution in [3.8, 4) is 11.3 Å². The second-order valence-electron chi connectivity index (χ2n) is 4.28. The zero-order valence-electron chi connectivity index (χ0n) is 10.7. The number of non-ortho nitro benzene ring substituents is 1. The molecule has 0 fully saturated rings. The highest BCUT2D eigenvalue weighted by Gasteiger charge is 2.36. The summed E-state index contributed by atoms with van der Waals surface area (Å²) >= 11 is 0. The van der Waals surface area contributed by atoms with Crippen molar-refractivity contribution >= 4 is 11.5 Å². The molecule has 0 atom stereocenters. The molecular weight excluding hydrogens is 303 g/mol. The average molecular weight is 309 g/mol. The lowest BCUT2D eigenvalue weighted by molar-refractivity contribution is -0.384. The van der Waals surface area contributed by atoms with Gasteiger partial charge in [0.15, 0.2) is 0 Å². The van der Waals surface area contributed by atoms with Crippen LogP contribution in [0.3, 0.4) is 0 Å². The van der Waals surface area contributed by atoms with Crippen LogP contribution in [-0.4, -0.2) is 24.5 Å². The smallest absolute Gasteiger partial charge is 0.258 e. The van der Waals surface area contributed by atoms with Crippen molar-refractivity contribution in [2.45, 2.75) is 6.18 Å². The second-order valence-corrected chi connectivity index (χ2v) is 4.28. The fourth-order valence-corrected chi connectivity index (χ4v) is 1.91. The van der Waals surface area contributed by atoms with Crippen molar-refractivity contribution < 1.29 is 18.1 Å². The van der Waals surface area contributed by atoms with E-state index in [1.165, 1.54) is 36.5 Å². The first-order valence-corrected chi connectivity index (χ1v) is 5.90. The van der Waals surface area contributed by atoms with Gasteiger partial charge in [-0.25, -0.2) is 4.98 Å². The lowest BCUT2D eigenvalue weighted by atomic mass is 10.1. The minimum absolute atomic E-state index is 0.182. The van der Waals surface area contributed by atoms with Gasteiger partial charge in [0.25, 0.3) is 17.3 Å². The summed E-state index contributed by atoms with van der Waals surface area (Å²) in [5.74, 6) is -1.56. The zero-order chi connectivity index (χ0) is 15.9. The Morgan fingerprint density at radius 1 is 1.23 bits per heavy atom. The van der Waals surface area contributed by atoms with Crippen LogP contribution in [0.25, 0.3) is 17.0 Å². The molecule has 1 aromatic carbocycles. The van der Waals surface area contributed by atoms with E-state index in [1.54, 1.807) is 0 Å². The van der Waals surface area contributed by atoms with Crippen LogP contribution in [0.2, 0.25) is 0 Å². The van der Waals surface area contributed by atoms with Gasteiger partial charge in [0.2, 0.25) is 0 Å². The van der Waals surface area contributed by atoms with Gasteiger partial charge < -0.3 is 0 Å². The predicted molar refractivity (Wildman–Crippen MR) is 67.9 cm³/mol. The molecule has 0 unspecified atom stereocenters. The number of benzene rings is 1. The number of nitro groups is 1. The van der Waals surface area contributed by atoms with Crippen LogP contribution < -0.4 is 0 Å². The van der Waals surface area contributed by atoms with Crippen molar-refractivity contribution in [1.82, 2.24) is 19.6 Å². The molecule has 3 rings (SSSR count). The van der Waals surface area contributed by atoms with E-state index in [4.69, 9.17) is 0 Å². The Kier molecular flexibility index (Phi) is 3.01. The van der Waals surface area contributed by atoms with Gasteiger partial charge in [0.1, 0.15) is 0 Å². The van der Waals surface area contributed by atoms with Crippen molar-refractivity contribution in [3.63, 3.8) is 0 Å². The number of nitrogens with zero attached hydrogens (tertiary/aromatic N) is 5. The summed E-state index contributed by atoms with van der Waals surface area (Å²) in [6.07, 6.45) is -3.44. The summed E-state index contributed by atoms with van der Waals surface area (Å²) in [7, 11) is 0. The molecule has 22 heavy (non-hydrogen) atoms. The normalized spacial score (nSPS) is 11.8. The van der Waals surface area contributed by atoms with Crippen molar-refractivity contribution in [2.75, 3.05) is 0 Å². The molecule has 0 spiro atoms. The summed E-state index contributed by atoms with van der Waals surface area (Å²) in [6, 6.07) is 6.88. The molecule has 0 radical (unpaired) electrons. The van der Waals surface area contributed by atoms with Crippen LogP contribution in [0.1, 0.15) is 5.82 Å². The van der Waals surface area contributed by atoms with E-state index < -0.39 is 16.9 Å². The van der Waals surface area contributed by atoms with E-state index in [9.17, 15) is 23.3 Å². The molecule has 2 heterocycles. The average Bonchev–Trinajstić information content (AvgIpc) is 2.91. The summed E-state index contributed by atoms with van der Waals surface area (Å²) in [4.78, 5) is 17.2. The maximum absolute atomic E-state index is 12.7. The largest absolute Gasteiger partial charge is 0.453 e. The number of hydrogen-bond acceptors (Lipinski definition) is 5. The Morgan fingerprint density at radius 3 is 2.68 bits per heavy atom. The van der Waals surface area contributed by atoms with E-state index in [0.29, 0.717) is 5.56 Å². The molecule has 10 heteroatoms. The third-order valence-corrected chi connectivity index (χ3v) is 2.85. The minimum Gasteiger partial charge on any atom is -0.258 e. The molecule has 2 aromatic heterocycles. The molecule has 0 saturated carbocycles. The van der Waals surface area contributed by atoms with Crippen LogP contribution in [0.15, 0.2) is 36.5 Å². The topological polar surface area (TPSA) is 86.2 Å². The summed E-state index contributed by atoms with van der Waals surface area (Å²) in [5, 5.41) is 14.2. The first-order valence-electron chi connectivity index (χ1n) is 5.90. The van der Waals surface area contributed by atoms with Crippen LogP contribution in [0.5, 0.6) is 0 Å². The van der Waals surface area contributed by atoms with E-state index in [0.717, 1.165) is 4.52 Å². The molecule has 0 aliphatic rings. The number of halogens is 3. The van der Waals surface area contributed by atoms with Crippen molar-refractivity contribution in [2.24, 2.45) is 0 Å². The molecule has 0 aliphatic carbocycles. The van der Waals surface area contributed by atoms with Gasteiger partial charge in [-0.3, -0.25) is 10.1 Å². The highest BCUT2D eigenvalue weighted by molar-refractivity contribution is 5.64. The molecular formula is C12H6F3N5O2. The molecule has 7 nitrogen and oxygen atoms in total. The van der Waals surface area contributed by atoms with E-state index in [1.807, 2.05) is 0 Å². The summed E-state index contributed by atoms with van der Waals surface area (Å²) in [5.41, 5.74) is 0.371. The van der Waals surface area contributed by atoms with Gasteiger partial charge in [-0.1, -0.05) is 12.1 Å². The highest BCUT2D eigenvalue weighted by atomic mass is 19.4. The lowest BCUT2D eigenvalue weighted by Crippen LogP contribution is -2.07. The van der Waals surface area contributed by atoms with Crippen LogP contribution in [0.4, 0.5) is 18.9 Å². The number of alkyl halides is 3. The van der Waals surface area contributed by atoms with Crippen LogP contribution in [-0.2, 0) is 6.18 Å². The number of rotatable bonds is 2. The fourth-order valence-electron chi connectivity index (χ4n) is 1.91. The Bertz CT molecular complexity index is 875. The van der Waals surface area contributed by atoms with Crippen LogP contribution >= 0.6 is 0 Å². The molecule has 112 valence electrons. The number of fused-ring (bicyclic) bond motifs is 1. The third-order valence-electron chi connectivity index (χ3n) is 2.85. The first kappa shape index (κ1) is 13.9. The van der Waals surface area contributed by atoms with Gasteiger partial charge in [-0.2, -0.15) is 22.7 Å². The maximum atomic E-state index is 12.7. The van der Waals surface area contributed by atoms with Gasteiger partial charge in [-0.15, -0.1) is 5.10 Å². The molecule has 0 saturated heterocycles. The number of nitro benzene ring substituents is 1.